The van der Waals surface area contributed by atoms with Crippen LogP contribution in [0.2, 0.25) is 0 Å². The maximum absolute atomic E-state index is 11.3. The molecule has 0 radical (unpaired) electrons. The van der Waals surface area contributed by atoms with E-state index in [4.69, 9.17) is 16.6 Å². The Morgan fingerprint density at radius 3 is 2.35 bits per heavy atom. The second-order valence-corrected chi connectivity index (χ2v) is 3.47. The molecule has 0 saturated heterocycles. The molecule has 0 bridgehead atoms. The second-order valence-electron chi connectivity index (χ2n) is 3.47. The Balaban J connectivity index is 4.01. The summed E-state index contributed by atoms with van der Waals surface area (Å²) in [5.74, 6) is -0.683. The van der Waals surface area contributed by atoms with Crippen molar-refractivity contribution >= 4 is 17.8 Å². The number of rotatable bonds is 8. The van der Waals surface area contributed by atoms with E-state index in [0.29, 0.717) is 19.3 Å². The third-order valence-corrected chi connectivity index (χ3v) is 1.99. The fraction of sp³-hybridized carbons (Fsp3) is 0.545. The molecule has 1 atom stereocenters. The lowest BCUT2D eigenvalue weighted by Crippen LogP contribution is -2.42. The molecule has 6 heteroatoms. The van der Waals surface area contributed by atoms with Gasteiger partial charge in [-0.1, -0.05) is 0 Å². The number of hydrogen-bond donors (Lipinski definition) is 3. The number of carbonyl (C=O) groups excluding carboxylic acids is 1. The van der Waals surface area contributed by atoms with Gasteiger partial charge in [0.2, 0.25) is 5.91 Å². The standard InChI is InChI=1S/C11H15NO5/c1-2-3-4-5-6-9(13)12-8(11(16)17)7-10(14)15/h1,8H,3-7H2,(H,12,13)(H,14,15)(H,16,17)/t8-/m1/s1. The van der Waals surface area contributed by atoms with Gasteiger partial charge in [-0.25, -0.2) is 4.79 Å². The molecule has 0 aromatic heterocycles. The molecule has 0 fully saturated rings. The smallest absolute Gasteiger partial charge is 0.326 e. The molecule has 0 aromatic rings. The SMILES string of the molecule is C#CCCCCC(=O)N[C@H](CC(=O)O)C(=O)O. The maximum atomic E-state index is 11.3. The van der Waals surface area contributed by atoms with Crippen LogP contribution in [-0.4, -0.2) is 34.1 Å². The van der Waals surface area contributed by atoms with Crippen LogP contribution in [0.5, 0.6) is 0 Å². The highest BCUT2D eigenvalue weighted by molar-refractivity contribution is 5.86. The third kappa shape index (κ3) is 7.85. The van der Waals surface area contributed by atoms with Crippen molar-refractivity contribution in [2.75, 3.05) is 0 Å². The van der Waals surface area contributed by atoms with E-state index >= 15 is 0 Å². The predicted octanol–water partition coefficient (Wildman–Crippen LogP) is 0.224. The van der Waals surface area contributed by atoms with Gasteiger partial charge in [-0.2, -0.15) is 0 Å². The molecule has 3 N–H and O–H groups in total. The highest BCUT2D eigenvalue weighted by Gasteiger charge is 2.22. The van der Waals surface area contributed by atoms with Crippen LogP contribution in [0.15, 0.2) is 0 Å². The van der Waals surface area contributed by atoms with Crippen LogP contribution < -0.4 is 5.32 Å². The molecule has 0 saturated carbocycles. The first kappa shape index (κ1) is 15.0. The van der Waals surface area contributed by atoms with Gasteiger partial charge in [0.1, 0.15) is 6.04 Å². The molecule has 0 aliphatic rings. The van der Waals surface area contributed by atoms with Crippen molar-refractivity contribution in [1.29, 1.82) is 0 Å². The van der Waals surface area contributed by atoms with Gasteiger partial charge in [0.15, 0.2) is 0 Å². The monoisotopic (exact) mass is 241 g/mol. The number of terminal acetylenes is 1. The zero-order chi connectivity index (χ0) is 13.3. The zero-order valence-electron chi connectivity index (χ0n) is 9.31. The molecule has 0 spiro atoms. The lowest BCUT2D eigenvalue weighted by Gasteiger charge is -2.11. The van der Waals surface area contributed by atoms with Crippen LogP contribution in [0, 0.1) is 12.3 Å². The Bertz CT molecular complexity index is 331. The number of nitrogens with one attached hydrogen (secondary N) is 1. The Kier molecular flexibility index (Phi) is 7.19. The van der Waals surface area contributed by atoms with E-state index in [1.807, 2.05) is 0 Å². The summed E-state index contributed by atoms with van der Waals surface area (Å²) >= 11 is 0. The summed E-state index contributed by atoms with van der Waals surface area (Å²) in [5, 5.41) is 19.3. The van der Waals surface area contributed by atoms with Gasteiger partial charge in [-0.3, -0.25) is 9.59 Å². The van der Waals surface area contributed by atoms with E-state index in [9.17, 15) is 14.4 Å². The number of carboxylic acid groups (broad SMARTS) is 2. The molecule has 0 aliphatic heterocycles. The van der Waals surface area contributed by atoms with Crippen molar-refractivity contribution in [2.24, 2.45) is 0 Å². The van der Waals surface area contributed by atoms with Crippen molar-refractivity contribution in [2.45, 2.75) is 38.1 Å². The van der Waals surface area contributed by atoms with E-state index in [-0.39, 0.29) is 6.42 Å². The van der Waals surface area contributed by atoms with Crippen LogP contribution in [0.25, 0.3) is 0 Å². The molecule has 6 nitrogen and oxygen atoms in total. The molecule has 17 heavy (non-hydrogen) atoms. The summed E-state index contributed by atoms with van der Waals surface area (Å²) in [5.41, 5.74) is 0. The summed E-state index contributed by atoms with van der Waals surface area (Å²) in [6.07, 6.45) is 6.33. The lowest BCUT2D eigenvalue weighted by molar-refractivity contribution is -0.147. The van der Waals surface area contributed by atoms with Gasteiger partial charge in [-0.05, 0) is 12.8 Å². The summed E-state index contributed by atoms with van der Waals surface area (Å²) in [6, 6.07) is -1.38. The second kappa shape index (κ2) is 8.16. The Morgan fingerprint density at radius 2 is 1.88 bits per heavy atom. The van der Waals surface area contributed by atoms with Gasteiger partial charge < -0.3 is 15.5 Å². The fourth-order valence-electron chi connectivity index (χ4n) is 1.15. The van der Waals surface area contributed by atoms with E-state index in [1.165, 1.54) is 0 Å². The van der Waals surface area contributed by atoms with E-state index in [1.54, 1.807) is 0 Å². The van der Waals surface area contributed by atoms with Gasteiger partial charge in [-0.15, -0.1) is 12.3 Å². The Morgan fingerprint density at radius 1 is 1.24 bits per heavy atom. The quantitative estimate of drug-likeness (QED) is 0.416. The van der Waals surface area contributed by atoms with Crippen molar-refractivity contribution in [3.63, 3.8) is 0 Å². The van der Waals surface area contributed by atoms with Crippen LogP contribution >= 0.6 is 0 Å². The summed E-state index contributed by atoms with van der Waals surface area (Å²) < 4.78 is 0. The predicted molar refractivity (Wildman–Crippen MR) is 59.1 cm³/mol. The Labute approximate surface area is 99.0 Å². The average molecular weight is 241 g/mol. The third-order valence-electron chi connectivity index (χ3n) is 1.99. The van der Waals surface area contributed by atoms with Crippen molar-refractivity contribution in [3.8, 4) is 12.3 Å². The van der Waals surface area contributed by atoms with Crippen LogP contribution in [0.3, 0.4) is 0 Å². The van der Waals surface area contributed by atoms with Crippen LogP contribution in [-0.2, 0) is 14.4 Å². The topological polar surface area (TPSA) is 104 Å². The number of hydrogen-bond acceptors (Lipinski definition) is 3. The highest BCUT2D eigenvalue weighted by atomic mass is 16.4. The highest BCUT2D eigenvalue weighted by Crippen LogP contribution is 2.00. The molecule has 0 aliphatic carbocycles. The van der Waals surface area contributed by atoms with Crippen LogP contribution in [0.4, 0.5) is 0 Å². The lowest BCUT2D eigenvalue weighted by atomic mass is 10.1. The summed E-state index contributed by atoms with van der Waals surface area (Å²) in [7, 11) is 0. The summed E-state index contributed by atoms with van der Waals surface area (Å²) in [4.78, 5) is 32.3. The largest absolute Gasteiger partial charge is 0.481 e. The van der Waals surface area contributed by atoms with Gasteiger partial charge >= 0.3 is 11.9 Å². The van der Waals surface area contributed by atoms with Crippen molar-refractivity contribution < 1.29 is 24.6 Å². The average Bonchev–Trinajstić information content (AvgIpc) is 2.22. The minimum Gasteiger partial charge on any atom is -0.481 e. The number of aliphatic carboxylic acids is 2. The molecular formula is C11H15NO5. The number of carbonyl (C=O) groups is 3. The molecular weight excluding hydrogens is 226 g/mol. The first-order chi connectivity index (χ1) is 7.97. The van der Waals surface area contributed by atoms with Crippen molar-refractivity contribution in [3.05, 3.63) is 0 Å². The fourth-order valence-corrected chi connectivity index (χ4v) is 1.15. The van der Waals surface area contributed by atoms with Crippen LogP contribution in [0.1, 0.15) is 32.1 Å². The van der Waals surface area contributed by atoms with E-state index < -0.39 is 30.3 Å². The van der Waals surface area contributed by atoms with Crippen molar-refractivity contribution in [1.82, 2.24) is 5.32 Å². The number of unbranched alkanes of at least 4 members (excludes halogenated alkanes) is 2. The first-order valence-corrected chi connectivity index (χ1v) is 5.14. The molecule has 0 aromatic carbocycles. The molecule has 0 unspecified atom stereocenters. The van der Waals surface area contributed by atoms with E-state index in [2.05, 4.69) is 11.2 Å². The zero-order valence-corrected chi connectivity index (χ0v) is 9.31. The molecule has 0 rings (SSSR count). The summed E-state index contributed by atoms with van der Waals surface area (Å²) in [6.45, 7) is 0. The first-order valence-electron chi connectivity index (χ1n) is 5.14. The number of amides is 1. The van der Waals surface area contributed by atoms with Gasteiger partial charge in [0.05, 0.1) is 6.42 Å². The van der Waals surface area contributed by atoms with E-state index in [0.717, 1.165) is 0 Å². The molecule has 1 amide bonds. The maximum Gasteiger partial charge on any atom is 0.326 e. The van der Waals surface area contributed by atoms with Gasteiger partial charge in [0.25, 0.3) is 0 Å². The Hall–Kier alpha value is -2.03. The van der Waals surface area contributed by atoms with Gasteiger partial charge in [0, 0.05) is 12.8 Å². The molecule has 0 heterocycles. The normalized spacial score (nSPS) is 11.2. The minimum absolute atomic E-state index is 0.144. The molecule has 94 valence electrons. The number of carboxylic acids is 2. The minimum atomic E-state index is -1.38.